The SMILES string of the molecule is CC1CCS(=O)CC(c2ccc(OC(F)F)cc2)N1. The van der Waals surface area contributed by atoms with Crippen molar-refractivity contribution in [3.63, 3.8) is 0 Å². The number of benzene rings is 1. The van der Waals surface area contributed by atoms with E-state index in [1.165, 1.54) is 12.1 Å². The van der Waals surface area contributed by atoms with E-state index in [-0.39, 0.29) is 11.8 Å². The van der Waals surface area contributed by atoms with Gasteiger partial charge in [0.05, 0.1) is 0 Å². The molecule has 2 rings (SSSR count). The second kappa shape index (κ2) is 6.43. The molecule has 3 atom stereocenters. The van der Waals surface area contributed by atoms with Crippen molar-refractivity contribution in [1.82, 2.24) is 5.32 Å². The largest absolute Gasteiger partial charge is 0.435 e. The standard InChI is InChI=1S/C13H17F2NO2S/c1-9-6-7-19(17)8-12(16-9)10-2-4-11(5-3-10)18-13(14)15/h2-5,9,12-13,16H,6-8H2,1H3. The van der Waals surface area contributed by atoms with Gasteiger partial charge in [-0.25, -0.2) is 0 Å². The lowest BCUT2D eigenvalue weighted by molar-refractivity contribution is -0.0498. The van der Waals surface area contributed by atoms with Crippen LogP contribution in [0.15, 0.2) is 24.3 Å². The van der Waals surface area contributed by atoms with Crippen LogP contribution in [0.5, 0.6) is 5.75 Å². The van der Waals surface area contributed by atoms with Crippen molar-refractivity contribution in [3.8, 4) is 5.75 Å². The lowest BCUT2D eigenvalue weighted by Gasteiger charge is -2.19. The van der Waals surface area contributed by atoms with E-state index in [0.29, 0.717) is 17.5 Å². The quantitative estimate of drug-likeness (QED) is 0.929. The molecule has 0 saturated carbocycles. The molecule has 6 heteroatoms. The molecular weight excluding hydrogens is 272 g/mol. The van der Waals surface area contributed by atoms with Gasteiger partial charge in [0.1, 0.15) is 5.75 Å². The van der Waals surface area contributed by atoms with Gasteiger partial charge >= 0.3 is 6.61 Å². The van der Waals surface area contributed by atoms with Crippen LogP contribution in [-0.2, 0) is 10.8 Å². The van der Waals surface area contributed by atoms with Gasteiger partial charge in [0.15, 0.2) is 0 Å². The predicted octanol–water partition coefficient (Wildman–Crippen LogP) is 2.46. The van der Waals surface area contributed by atoms with Gasteiger partial charge in [-0.15, -0.1) is 0 Å². The van der Waals surface area contributed by atoms with Gasteiger partial charge in [0.2, 0.25) is 0 Å². The van der Waals surface area contributed by atoms with Gasteiger partial charge in [0, 0.05) is 34.4 Å². The fraction of sp³-hybridized carbons (Fsp3) is 0.538. The van der Waals surface area contributed by atoms with E-state index >= 15 is 0 Å². The van der Waals surface area contributed by atoms with Crippen molar-refractivity contribution < 1.29 is 17.7 Å². The van der Waals surface area contributed by atoms with Crippen LogP contribution >= 0.6 is 0 Å². The van der Waals surface area contributed by atoms with Gasteiger partial charge in [-0.05, 0) is 31.0 Å². The fourth-order valence-electron chi connectivity index (χ4n) is 2.13. The van der Waals surface area contributed by atoms with E-state index in [2.05, 4.69) is 17.0 Å². The highest BCUT2D eigenvalue weighted by molar-refractivity contribution is 7.85. The van der Waals surface area contributed by atoms with Crippen molar-refractivity contribution in [2.24, 2.45) is 0 Å². The van der Waals surface area contributed by atoms with Crippen LogP contribution in [0.3, 0.4) is 0 Å². The third-order valence-electron chi connectivity index (χ3n) is 3.12. The summed E-state index contributed by atoms with van der Waals surface area (Å²) in [5.74, 6) is 1.40. The molecular formula is C13H17F2NO2S. The van der Waals surface area contributed by atoms with Crippen LogP contribution in [-0.4, -0.2) is 28.4 Å². The first-order chi connectivity index (χ1) is 9.04. The molecule has 3 unspecified atom stereocenters. The summed E-state index contributed by atoms with van der Waals surface area (Å²) in [4.78, 5) is 0. The van der Waals surface area contributed by atoms with Crippen molar-refractivity contribution in [1.29, 1.82) is 0 Å². The molecule has 106 valence electrons. The van der Waals surface area contributed by atoms with E-state index < -0.39 is 17.4 Å². The molecule has 1 saturated heterocycles. The highest BCUT2D eigenvalue weighted by atomic mass is 32.2. The number of ether oxygens (including phenoxy) is 1. The minimum Gasteiger partial charge on any atom is -0.435 e. The first-order valence-electron chi connectivity index (χ1n) is 6.20. The Morgan fingerprint density at radius 3 is 2.68 bits per heavy atom. The Hall–Kier alpha value is -1.01. The Morgan fingerprint density at radius 2 is 2.05 bits per heavy atom. The molecule has 1 aliphatic heterocycles. The molecule has 0 aromatic heterocycles. The smallest absolute Gasteiger partial charge is 0.387 e. The van der Waals surface area contributed by atoms with Gasteiger partial charge in [-0.3, -0.25) is 4.21 Å². The van der Waals surface area contributed by atoms with Gasteiger partial charge in [-0.1, -0.05) is 12.1 Å². The summed E-state index contributed by atoms with van der Waals surface area (Å²) in [7, 11) is -0.837. The average Bonchev–Trinajstić information content (AvgIpc) is 2.51. The number of alkyl halides is 2. The van der Waals surface area contributed by atoms with E-state index in [0.717, 1.165) is 12.0 Å². The summed E-state index contributed by atoms with van der Waals surface area (Å²) in [6.45, 7) is -0.751. The average molecular weight is 289 g/mol. The highest BCUT2D eigenvalue weighted by Gasteiger charge is 2.21. The minimum atomic E-state index is -2.81. The molecule has 0 aliphatic carbocycles. The van der Waals surface area contributed by atoms with Gasteiger partial charge in [0.25, 0.3) is 0 Å². The van der Waals surface area contributed by atoms with Crippen LogP contribution in [0.4, 0.5) is 8.78 Å². The maximum Gasteiger partial charge on any atom is 0.387 e. The molecule has 1 aromatic carbocycles. The lowest BCUT2D eigenvalue weighted by Crippen LogP contribution is -2.30. The number of hydrogen-bond acceptors (Lipinski definition) is 3. The van der Waals surface area contributed by atoms with Crippen LogP contribution in [0, 0.1) is 0 Å². The van der Waals surface area contributed by atoms with E-state index in [1.54, 1.807) is 12.1 Å². The molecule has 19 heavy (non-hydrogen) atoms. The van der Waals surface area contributed by atoms with Crippen LogP contribution < -0.4 is 10.1 Å². The zero-order chi connectivity index (χ0) is 13.8. The zero-order valence-corrected chi connectivity index (χ0v) is 11.5. The number of halogens is 2. The first kappa shape index (κ1) is 14.4. The van der Waals surface area contributed by atoms with E-state index in [4.69, 9.17) is 0 Å². The normalized spacial score (nSPS) is 28.1. The third-order valence-corrected chi connectivity index (χ3v) is 4.52. The molecule has 1 aromatic rings. The van der Waals surface area contributed by atoms with Gasteiger partial charge < -0.3 is 10.1 Å². The summed E-state index contributed by atoms with van der Waals surface area (Å²) >= 11 is 0. The molecule has 0 amide bonds. The third kappa shape index (κ3) is 4.24. The van der Waals surface area contributed by atoms with Crippen LogP contribution in [0.25, 0.3) is 0 Å². The maximum absolute atomic E-state index is 12.1. The lowest BCUT2D eigenvalue weighted by atomic mass is 10.1. The first-order valence-corrected chi connectivity index (χ1v) is 7.69. The predicted molar refractivity (Wildman–Crippen MR) is 70.9 cm³/mol. The molecule has 0 bridgehead atoms. The number of nitrogens with one attached hydrogen (secondary N) is 1. The summed E-state index contributed by atoms with van der Waals surface area (Å²) in [5.41, 5.74) is 0.948. The van der Waals surface area contributed by atoms with E-state index in [9.17, 15) is 13.0 Å². The zero-order valence-electron chi connectivity index (χ0n) is 10.6. The van der Waals surface area contributed by atoms with Crippen LogP contribution in [0.1, 0.15) is 24.9 Å². The highest BCUT2D eigenvalue weighted by Crippen LogP contribution is 2.22. The Balaban J connectivity index is 2.09. The Morgan fingerprint density at radius 1 is 1.37 bits per heavy atom. The Labute approximate surface area is 113 Å². The van der Waals surface area contributed by atoms with Crippen LogP contribution in [0.2, 0.25) is 0 Å². The van der Waals surface area contributed by atoms with Crippen molar-refractivity contribution >= 4 is 10.8 Å². The summed E-state index contributed by atoms with van der Waals surface area (Å²) in [6.07, 6.45) is 0.885. The molecule has 3 nitrogen and oxygen atoms in total. The summed E-state index contributed by atoms with van der Waals surface area (Å²) in [5, 5.41) is 3.40. The Bertz CT molecular complexity index is 439. The molecule has 0 radical (unpaired) electrons. The molecule has 1 fully saturated rings. The number of rotatable bonds is 3. The van der Waals surface area contributed by atoms with Crippen molar-refractivity contribution in [2.45, 2.75) is 32.0 Å². The molecule has 0 spiro atoms. The fourth-order valence-corrected chi connectivity index (χ4v) is 3.57. The monoisotopic (exact) mass is 289 g/mol. The van der Waals surface area contributed by atoms with Crippen molar-refractivity contribution in [3.05, 3.63) is 29.8 Å². The van der Waals surface area contributed by atoms with E-state index in [1.807, 2.05) is 0 Å². The maximum atomic E-state index is 12.1. The summed E-state index contributed by atoms with van der Waals surface area (Å²) in [6, 6.07) is 6.81. The topological polar surface area (TPSA) is 38.3 Å². The van der Waals surface area contributed by atoms with Gasteiger partial charge in [-0.2, -0.15) is 8.78 Å². The summed E-state index contributed by atoms with van der Waals surface area (Å²) < 4.78 is 40.2. The molecule has 1 N–H and O–H groups in total. The van der Waals surface area contributed by atoms with Crippen molar-refractivity contribution in [2.75, 3.05) is 11.5 Å². The molecule has 1 aliphatic rings. The minimum absolute atomic E-state index is 0.000988. The second-order valence-corrected chi connectivity index (χ2v) is 6.29. The number of hydrogen-bond donors (Lipinski definition) is 1. The molecule has 1 heterocycles. The Kier molecular flexibility index (Phi) is 4.87. The second-order valence-electron chi connectivity index (χ2n) is 4.67.